The summed E-state index contributed by atoms with van der Waals surface area (Å²) in [4.78, 5) is 66.3. The third-order valence-corrected chi connectivity index (χ3v) is 15.5. The van der Waals surface area contributed by atoms with Gasteiger partial charge in [0.2, 0.25) is 27.7 Å². The Balaban J connectivity index is 0.762. The van der Waals surface area contributed by atoms with E-state index in [4.69, 9.17) is 9.47 Å². The van der Waals surface area contributed by atoms with E-state index in [1.54, 1.807) is 46.6 Å². The van der Waals surface area contributed by atoms with Gasteiger partial charge in [-0.25, -0.2) is 22.9 Å². The molecule has 2 aliphatic heterocycles. The number of anilines is 1. The van der Waals surface area contributed by atoms with Gasteiger partial charge in [-0.1, -0.05) is 56.3 Å². The molecule has 2 aromatic carbocycles. The molecule has 73 heavy (non-hydrogen) atoms. The molecule has 21 nitrogen and oxygen atoms in total. The quantitative estimate of drug-likeness (QED) is 0.0624. The summed E-state index contributed by atoms with van der Waals surface area (Å²) in [5.74, 6) is -1.35. The number of aromatic nitrogens is 5. The number of urea groups is 1. The molecule has 3 aromatic heterocycles. The Morgan fingerprint density at radius 1 is 0.932 bits per heavy atom. The number of amides is 5. The van der Waals surface area contributed by atoms with Crippen LogP contribution in [-0.2, 0) is 53.4 Å². The molecule has 5 aromatic rings. The summed E-state index contributed by atoms with van der Waals surface area (Å²) in [5.41, 5.74) is 6.09. The van der Waals surface area contributed by atoms with Crippen LogP contribution in [0.1, 0.15) is 62.7 Å². The summed E-state index contributed by atoms with van der Waals surface area (Å²) < 4.78 is 41.3. The number of hydrogen-bond acceptors (Lipinski definition) is 15. The first-order chi connectivity index (χ1) is 34.9. The monoisotopic (exact) mass is 1040 g/mol. The summed E-state index contributed by atoms with van der Waals surface area (Å²) in [7, 11) is -3.72. The normalized spacial score (nSPS) is 17.5. The predicted molar refractivity (Wildman–Crippen MR) is 273 cm³/mol. The van der Waals surface area contributed by atoms with Crippen LogP contribution in [0.2, 0.25) is 0 Å². The van der Waals surface area contributed by atoms with Crippen LogP contribution < -0.4 is 21.3 Å². The van der Waals surface area contributed by atoms with Crippen molar-refractivity contribution in [3.8, 4) is 10.4 Å². The first kappa shape index (κ1) is 54.6. The summed E-state index contributed by atoms with van der Waals surface area (Å²) in [6.45, 7) is 12.9. The maximum Gasteiger partial charge on any atom is 0.319 e. The maximum atomic E-state index is 14.1. The minimum absolute atomic E-state index is 0.0355. The molecule has 4 atom stereocenters. The van der Waals surface area contributed by atoms with Crippen LogP contribution in [0.5, 0.6) is 0 Å². The Labute approximate surface area is 430 Å². The zero-order valence-corrected chi connectivity index (χ0v) is 43.5. The predicted octanol–water partition coefficient (Wildman–Crippen LogP) is 3.38. The van der Waals surface area contributed by atoms with E-state index in [1.807, 2.05) is 76.7 Å². The molecule has 5 N–H and O–H groups in total. The Morgan fingerprint density at radius 3 is 2.36 bits per heavy atom. The van der Waals surface area contributed by atoms with Crippen molar-refractivity contribution in [3.05, 3.63) is 107 Å². The number of β-amino-alcohol motifs (C(OH)–C–C–N with tert-alkyl or cyclic N) is 1. The van der Waals surface area contributed by atoms with E-state index in [2.05, 4.69) is 46.4 Å². The van der Waals surface area contributed by atoms with Crippen molar-refractivity contribution in [3.63, 3.8) is 0 Å². The minimum Gasteiger partial charge on any atom is -0.391 e. The molecule has 0 unspecified atom stereocenters. The van der Waals surface area contributed by atoms with Gasteiger partial charge in [-0.05, 0) is 66.3 Å². The SMILES string of the molecule is Cc1ncsc1-c1ccc([C@H](C)NC(=O)[C@@H]2C[C@@H](O)CN2C(=O)[C@@H](NC(=O)COCCOCCn2cc(CCN3CCN(S(=O)(=O)c4ccc(NC(=O)NCc5cccnc5)cc4)CC3)nn2)C(C)(C)C)cc1. The van der Waals surface area contributed by atoms with Crippen molar-refractivity contribution in [2.24, 2.45) is 5.41 Å². The molecule has 5 amide bonds. The highest BCUT2D eigenvalue weighted by atomic mass is 32.2. The molecular weight excluding hydrogens is 977 g/mol. The van der Waals surface area contributed by atoms with Crippen LogP contribution in [0.3, 0.4) is 0 Å². The van der Waals surface area contributed by atoms with Gasteiger partial charge in [0.05, 0.1) is 65.2 Å². The van der Waals surface area contributed by atoms with E-state index in [0.29, 0.717) is 64.5 Å². The van der Waals surface area contributed by atoms with Gasteiger partial charge in [0.15, 0.2) is 0 Å². The first-order valence-corrected chi connectivity index (χ1v) is 26.7. The number of nitrogens with zero attached hydrogens (tertiary/aromatic N) is 8. The number of aryl methyl sites for hydroxylation is 1. The fourth-order valence-corrected chi connectivity index (χ4v) is 10.7. The maximum absolute atomic E-state index is 14.1. The van der Waals surface area contributed by atoms with E-state index in [-0.39, 0.29) is 49.6 Å². The molecular formula is C50H66N12O9S2. The van der Waals surface area contributed by atoms with Crippen LogP contribution in [-0.4, -0.2) is 160 Å². The van der Waals surface area contributed by atoms with Gasteiger partial charge in [0, 0.05) is 82.9 Å². The van der Waals surface area contributed by atoms with E-state index in [1.165, 1.54) is 21.3 Å². The van der Waals surface area contributed by atoms with Gasteiger partial charge >= 0.3 is 6.03 Å². The van der Waals surface area contributed by atoms with Gasteiger partial charge in [0.25, 0.3) is 0 Å². The van der Waals surface area contributed by atoms with Crippen molar-refractivity contribution in [1.82, 2.24) is 55.0 Å². The van der Waals surface area contributed by atoms with E-state index in [0.717, 1.165) is 33.0 Å². The number of sulfonamides is 1. The third kappa shape index (κ3) is 15.2. The lowest BCUT2D eigenvalue weighted by Crippen LogP contribution is -2.58. The number of carbonyl (C=O) groups is 4. The standard InChI is InChI=1S/C50H66N12O9S2/c1-34(37-8-10-38(11-9-37)45-35(2)53-33-72-45)54-47(65)43-27-41(63)31-62(43)48(66)46(50(3,4)5)56-44(64)32-71-26-25-70-24-23-60-30-40(57-58-60)16-18-59-19-21-61(22-20-59)73(68,69)42-14-12-39(13-15-42)55-49(67)52-29-36-7-6-17-51-28-36/h6-15,17,28,30,33-34,41,43,46,63H,16,18-27,29,31-32H2,1-5H3,(H,54,65)(H,56,64)(H2,52,55,67)/t34-,41+,43-,46+/m0/s1. The number of rotatable bonds is 22. The zero-order chi connectivity index (χ0) is 52.1. The summed E-state index contributed by atoms with van der Waals surface area (Å²) >= 11 is 1.57. The van der Waals surface area contributed by atoms with E-state index < -0.39 is 51.5 Å². The molecule has 0 radical (unpaired) electrons. The topological polar surface area (TPSA) is 255 Å². The lowest BCUT2D eigenvalue weighted by molar-refractivity contribution is -0.144. The number of benzene rings is 2. The molecule has 2 saturated heterocycles. The van der Waals surface area contributed by atoms with Crippen LogP contribution in [0.4, 0.5) is 10.5 Å². The Kier molecular flexibility index (Phi) is 18.8. The van der Waals surface area contributed by atoms with Gasteiger partial charge in [-0.15, -0.1) is 16.4 Å². The van der Waals surface area contributed by atoms with Crippen molar-refractivity contribution >= 4 is 50.8 Å². The molecule has 23 heteroatoms. The van der Waals surface area contributed by atoms with Crippen LogP contribution in [0, 0.1) is 12.3 Å². The molecule has 0 bridgehead atoms. The number of ether oxygens (including phenoxy) is 2. The average molecular weight is 1040 g/mol. The number of likely N-dealkylation sites (tertiary alicyclic amines) is 1. The van der Waals surface area contributed by atoms with Crippen molar-refractivity contribution in [2.75, 3.05) is 71.0 Å². The number of hydrogen-bond donors (Lipinski definition) is 5. The Bertz CT molecular complexity index is 2730. The van der Waals surface area contributed by atoms with Gasteiger partial charge < -0.3 is 45.6 Å². The minimum atomic E-state index is -3.72. The molecule has 2 aliphatic rings. The number of nitrogens with one attached hydrogen (secondary N) is 4. The fourth-order valence-electron chi connectivity index (χ4n) is 8.51. The number of aliphatic hydroxyl groups is 1. The summed E-state index contributed by atoms with van der Waals surface area (Å²) in [5, 5.41) is 30.4. The molecule has 0 aliphatic carbocycles. The van der Waals surface area contributed by atoms with E-state index >= 15 is 0 Å². The lowest BCUT2D eigenvalue weighted by Gasteiger charge is -2.35. The number of thiazole rings is 1. The second-order valence-corrected chi connectivity index (χ2v) is 22.0. The number of pyridine rings is 1. The number of carbonyl (C=O) groups excluding carboxylic acids is 4. The number of piperazine rings is 1. The zero-order valence-electron chi connectivity index (χ0n) is 41.9. The smallest absolute Gasteiger partial charge is 0.319 e. The summed E-state index contributed by atoms with van der Waals surface area (Å²) in [6.07, 6.45) is 4.99. The van der Waals surface area contributed by atoms with Crippen LogP contribution in [0.15, 0.2) is 89.7 Å². The molecule has 392 valence electrons. The molecule has 0 saturated carbocycles. The average Bonchev–Trinajstić information content (AvgIpc) is 4.14. The highest BCUT2D eigenvalue weighted by Crippen LogP contribution is 2.30. The lowest BCUT2D eigenvalue weighted by atomic mass is 9.85. The molecule has 5 heterocycles. The Morgan fingerprint density at radius 2 is 1.67 bits per heavy atom. The molecule has 7 rings (SSSR count). The second-order valence-electron chi connectivity index (χ2n) is 19.2. The van der Waals surface area contributed by atoms with Gasteiger partial charge in [0.1, 0.15) is 18.7 Å². The first-order valence-electron chi connectivity index (χ1n) is 24.3. The molecule has 2 fully saturated rings. The Hall–Kier alpha value is -6.21. The number of aliphatic hydroxyl groups excluding tert-OH is 1. The van der Waals surface area contributed by atoms with E-state index in [9.17, 15) is 32.7 Å². The van der Waals surface area contributed by atoms with Crippen LogP contribution in [0.25, 0.3) is 10.4 Å². The van der Waals surface area contributed by atoms with Gasteiger partial charge in [-0.2, -0.15) is 4.31 Å². The fraction of sp³-hybridized carbons (Fsp3) is 0.480. The van der Waals surface area contributed by atoms with Crippen LogP contribution >= 0.6 is 11.3 Å². The highest BCUT2D eigenvalue weighted by Gasteiger charge is 2.45. The van der Waals surface area contributed by atoms with Crippen molar-refractivity contribution < 1.29 is 42.2 Å². The third-order valence-electron chi connectivity index (χ3n) is 12.7. The molecule has 0 spiro atoms. The second kappa shape index (κ2) is 25.1. The highest BCUT2D eigenvalue weighted by molar-refractivity contribution is 7.89. The van der Waals surface area contributed by atoms with Gasteiger partial charge in [-0.3, -0.25) is 19.4 Å². The van der Waals surface area contributed by atoms with Crippen molar-refractivity contribution in [1.29, 1.82) is 0 Å². The van der Waals surface area contributed by atoms with Crippen molar-refractivity contribution in [2.45, 2.75) is 89.7 Å². The summed E-state index contributed by atoms with van der Waals surface area (Å²) in [6, 6.07) is 15.0. The largest absolute Gasteiger partial charge is 0.391 e.